The number of carbonyl (C=O) groups is 3. The molecule has 5 heteroatoms. The Balaban J connectivity index is 5.08. The molecule has 0 aliphatic carbocycles. The van der Waals surface area contributed by atoms with Gasteiger partial charge in [0.15, 0.2) is 0 Å². The molecule has 3 atom stereocenters. The number of hydrogen-bond donors (Lipinski definition) is 1. The highest BCUT2D eigenvalue weighted by molar-refractivity contribution is 5.88. The van der Waals surface area contributed by atoms with Gasteiger partial charge < -0.3 is 10.0 Å². The minimum Gasteiger partial charge on any atom is -0.480 e. The molecule has 1 N–H and O–H groups in total. The van der Waals surface area contributed by atoms with E-state index in [0.717, 1.165) is 0 Å². The fraction of sp³-hybridized carbons (Fsp3) is 0.800. The Morgan fingerprint density at radius 2 is 1.70 bits per heavy atom. The number of carboxylic acids is 1. The number of rotatable bonds is 8. The molecule has 2 unspecified atom stereocenters. The van der Waals surface area contributed by atoms with E-state index in [-0.39, 0.29) is 17.6 Å². The monoisotopic (exact) mass is 285 g/mol. The SMILES string of the molecule is CCC(=O)C(C)CC(C)(CC)C(=O)N(C)[C@@H](C)C(=O)O. The van der Waals surface area contributed by atoms with Gasteiger partial charge >= 0.3 is 5.97 Å². The van der Waals surface area contributed by atoms with Crippen LogP contribution < -0.4 is 0 Å². The van der Waals surface area contributed by atoms with Crippen LogP contribution in [0.2, 0.25) is 0 Å². The molecule has 1 amide bonds. The lowest BCUT2D eigenvalue weighted by Gasteiger charge is -2.35. The number of amides is 1. The number of nitrogens with zero attached hydrogens (tertiary/aromatic N) is 1. The third-order valence-electron chi connectivity index (χ3n) is 4.21. The zero-order valence-electron chi connectivity index (χ0n) is 13.4. The lowest BCUT2D eigenvalue weighted by atomic mass is 9.76. The molecule has 0 fully saturated rings. The van der Waals surface area contributed by atoms with E-state index < -0.39 is 17.4 Å². The van der Waals surface area contributed by atoms with Crippen molar-refractivity contribution in [1.82, 2.24) is 4.90 Å². The van der Waals surface area contributed by atoms with Crippen LogP contribution >= 0.6 is 0 Å². The lowest BCUT2D eigenvalue weighted by molar-refractivity contribution is -0.153. The Labute approximate surface area is 121 Å². The van der Waals surface area contributed by atoms with Gasteiger partial charge in [0, 0.05) is 24.8 Å². The van der Waals surface area contributed by atoms with E-state index in [1.807, 2.05) is 20.8 Å². The number of aliphatic carboxylic acids is 1. The first-order valence-corrected chi connectivity index (χ1v) is 7.13. The zero-order valence-corrected chi connectivity index (χ0v) is 13.4. The van der Waals surface area contributed by atoms with E-state index in [1.54, 1.807) is 6.92 Å². The van der Waals surface area contributed by atoms with Gasteiger partial charge in [-0.1, -0.05) is 27.7 Å². The first kappa shape index (κ1) is 18.6. The minimum absolute atomic E-state index is 0.131. The van der Waals surface area contributed by atoms with Gasteiger partial charge in [-0.05, 0) is 19.8 Å². The Kier molecular flexibility index (Phi) is 6.89. The van der Waals surface area contributed by atoms with E-state index in [4.69, 9.17) is 5.11 Å². The Bertz CT molecular complexity index is 380. The number of likely N-dealkylation sites (N-methyl/N-ethyl adjacent to an activating group) is 1. The van der Waals surface area contributed by atoms with E-state index >= 15 is 0 Å². The Hall–Kier alpha value is -1.39. The molecule has 0 radical (unpaired) electrons. The van der Waals surface area contributed by atoms with Gasteiger partial charge in [0.1, 0.15) is 11.8 Å². The molecule has 0 heterocycles. The molecule has 20 heavy (non-hydrogen) atoms. The van der Waals surface area contributed by atoms with E-state index in [2.05, 4.69) is 0 Å². The van der Waals surface area contributed by atoms with Crippen LogP contribution in [0.5, 0.6) is 0 Å². The summed E-state index contributed by atoms with van der Waals surface area (Å²) in [6.07, 6.45) is 1.48. The van der Waals surface area contributed by atoms with Gasteiger partial charge in [0.25, 0.3) is 0 Å². The summed E-state index contributed by atoms with van der Waals surface area (Å²) in [5.41, 5.74) is -0.706. The van der Waals surface area contributed by atoms with Crippen LogP contribution in [0.1, 0.15) is 53.9 Å². The number of ketones is 1. The van der Waals surface area contributed by atoms with Crippen molar-refractivity contribution in [3.8, 4) is 0 Å². The number of carbonyl (C=O) groups excluding carboxylic acids is 2. The molecule has 0 spiro atoms. The van der Waals surface area contributed by atoms with Gasteiger partial charge in [0.05, 0.1) is 0 Å². The van der Waals surface area contributed by atoms with Gasteiger partial charge in [-0.3, -0.25) is 9.59 Å². The molecule has 0 aromatic carbocycles. The fourth-order valence-electron chi connectivity index (χ4n) is 2.29. The quantitative estimate of drug-likeness (QED) is 0.742. The Morgan fingerprint density at radius 3 is 2.05 bits per heavy atom. The third-order valence-corrected chi connectivity index (χ3v) is 4.21. The lowest BCUT2D eigenvalue weighted by Crippen LogP contribution is -2.48. The molecular weight excluding hydrogens is 258 g/mol. The van der Waals surface area contributed by atoms with E-state index in [0.29, 0.717) is 19.3 Å². The topological polar surface area (TPSA) is 74.7 Å². The summed E-state index contributed by atoms with van der Waals surface area (Å²) in [4.78, 5) is 36.5. The molecule has 5 nitrogen and oxygen atoms in total. The van der Waals surface area contributed by atoms with Crippen molar-refractivity contribution < 1.29 is 19.5 Å². The van der Waals surface area contributed by atoms with E-state index in [1.165, 1.54) is 18.9 Å². The Morgan fingerprint density at radius 1 is 1.20 bits per heavy atom. The van der Waals surface area contributed by atoms with Crippen LogP contribution in [0.4, 0.5) is 0 Å². The number of carboxylic acid groups (broad SMARTS) is 1. The molecule has 0 aliphatic rings. The van der Waals surface area contributed by atoms with Crippen LogP contribution in [0.25, 0.3) is 0 Å². The van der Waals surface area contributed by atoms with Crippen LogP contribution in [0, 0.1) is 11.3 Å². The van der Waals surface area contributed by atoms with Gasteiger partial charge in [-0.15, -0.1) is 0 Å². The summed E-state index contributed by atoms with van der Waals surface area (Å²) in [5.74, 6) is -1.31. The summed E-state index contributed by atoms with van der Waals surface area (Å²) < 4.78 is 0. The van der Waals surface area contributed by atoms with Crippen molar-refractivity contribution in [3.63, 3.8) is 0 Å². The maximum absolute atomic E-state index is 12.5. The van der Waals surface area contributed by atoms with Crippen molar-refractivity contribution in [2.24, 2.45) is 11.3 Å². The van der Waals surface area contributed by atoms with Crippen LogP contribution in [-0.2, 0) is 14.4 Å². The molecule has 0 aromatic rings. The van der Waals surface area contributed by atoms with Gasteiger partial charge in [0.2, 0.25) is 5.91 Å². The van der Waals surface area contributed by atoms with Crippen molar-refractivity contribution in [2.45, 2.75) is 59.9 Å². The maximum Gasteiger partial charge on any atom is 0.326 e. The van der Waals surface area contributed by atoms with Crippen molar-refractivity contribution >= 4 is 17.7 Å². The second-order valence-electron chi connectivity index (χ2n) is 5.77. The van der Waals surface area contributed by atoms with Crippen molar-refractivity contribution in [2.75, 3.05) is 7.05 Å². The summed E-state index contributed by atoms with van der Waals surface area (Å²) in [6, 6.07) is -0.870. The summed E-state index contributed by atoms with van der Waals surface area (Å²) in [7, 11) is 1.50. The standard InChI is InChI=1S/C15H27NO4/c1-7-12(17)10(3)9-15(5,8-2)14(20)16(6)11(4)13(18)19/h10-11H,7-9H2,1-6H3,(H,18,19)/t10?,11-,15?/m0/s1. The van der Waals surface area contributed by atoms with Gasteiger partial charge in [-0.2, -0.15) is 0 Å². The molecule has 116 valence electrons. The molecule has 0 aromatic heterocycles. The summed E-state index contributed by atoms with van der Waals surface area (Å²) in [5, 5.41) is 9.00. The first-order chi connectivity index (χ1) is 9.10. The van der Waals surface area contributed by atoms with Crippen molar-refractivity contribution in [1.29, 1.82) is 0 Å². The molecule has 0 aliphatic heterocycles. The predicted octanol–water partition coefficient (Wildman–Crippen LogP) is 2.34. The normalized spacial score (nSPS) is 16.9. The zero-order chi connectivity index (χ0) is 16.1. The maximum atomic E-state index is 12.5. The van der Waals surface area contributed by atoms with Gasteiger partial charge in [-0.25, -0.2) is 4.79 Å². The highest BCUT2D eigenvalue weighted by Crippen LogP contribution is 2.33. The molecule has 0 rings (SSSR count). The molecule has 0 saturated heterocycles. The molecule has 0 saturated carbocycles. The highest BCUT2D eigenvalue weighted by atomic mass is 16.4. The highest BCUT2D eigenvalue weighted by Gasteiger charge is 2.38. The van der Waals surface area contributed by atoms with Crippen LogP contribution in [-0.4, -0.2) is 40.8 Å². The minimum atomic E-state index is -1.03. The van der Waals surface area contributed by atoms with Crippen molar-refractivity contribution in [3.05, 3.63) is 0 Å². The largest absolute Gasteiger partial charge is 0.480 e. The second-order valence-corrected chi connectivity index (χ2v) is 5.77. The van der Waals surface area contributed by atoms with Crippen LogP contribution in [0.15, 0.2) is 0 Å². The summed E-state index contributed by atoms with van der Waals surface area (Å²) in [6.45, 7) is 8.81. The van der Waals surface area contributed by atoms with Crippen LogP contribution in [0.3, 0.4) is 0 Å². The first-order valence-electron chi connectivity index (χ1n) is 7.13. The average molecular weight is 285 g/mol. The molecular formula is C15H27NO4. The molecule has 0 bridgehead atoms. The predicted molar refractivity (Wildman–Crippen MR) is 77.3 cm³/mol. The number of hydrogen-bond acceptors (Lipinski definition) is 3. The number of Topliss-reactive ketones (excluding diaryl/α,β-unsaturated/α-hetero) is 1. The van der Waals surface area contributed by atoms with E-state index in [9.17, 15) is 14.4 Å². The smallest absolute Gasteiger partial charge is 0.326 e. The third kappa shape index (κ3) is 4.32. The fourth-order valence-corrected chi connectivity index (χ4v) is 2.29. The average Bonchev–Trinajstić information content (AvgIpc) is 2.43. The second kappa shape index (κ2) is 7.41. The summed E-state index contributed by atoms with van der Waals surface area (Å²) >= 11 is 0.